The molecule has 1 aromatic rings. The Kier molecular flexibility index (Phi) is 2.67. The number of carbonyl (C=O) groups is 1. The van der Waals surface area contributed by atoms with Crippen LogP contribution in [0.3, 0.4) is 0 Å². The molecule has 92 valence electrons. The highest BCUT2D eigenvalue weighted by Gasteiger charge is 2.24. The van der Waals surface area contributed by atoms with Crippen LogP contribution in [0.4, 0.5) is 5.69 Å². The van der Waals surface area contributed by atoms with Crippen LogP contribution in [-0.4, -0.2) is 19.1 Å². The summed E-state index contributed by atoms with van der Waals surface area (Å²) >= 11 is 0. The first-order valence-electron chi connectivity index (χ1n) is 6.22. The highest BCUT2D eigenvalue weighted by molar-refractivity contribution is 5.92. The zero-order chi connectivity index (χ0) is 12.5. The van der Waals surface area contributed by atoms with Gasteiger partial charge in [0, 0.05) is 19.2 Å². The van der Waals surface area contributed by atoms with Crippen molar-refractivity contribution in [3.05, 3.63) is 47.2 Å². The molecule has 0 amide bonds. The average molecular weight is 241 g/mol. The Morgan fingerprint density at radius 3 is 3.17 bits per heavy atom. The van der Waals surface area contributed by atoms with E-state index in [4.69, 9.17) is 4.74 Å². The molecule has 0 N–H and O–H groups in total. The monoisotopic (exact) mass is 241 g/mol. The van der Waals surface area contributed by atoms with Crippen molar-refractivity contribution < 1.29 is 9.53 Å². The van der Waals surface area contributed by atoms with E-state index < -0.39 is 0 Å². The third-order valence-corrected chi connectivity index (χ3v) is 3.27. The Labute approximate surface area is 106 Å². The summed E-state index contributed by atoms with van der Waals surface area (Å²) in [6.07, 6.45) is 6.83. The summed E-state index contributed by atoms with van der Waals surface area (Å²) in [5.41, 5.74) is 4.38. The predicted molar refractivity (Wildman–Crippen MR) is 71.2 cm³/mol. The fourth-order valence-corrected chi connectivity index (χ4v) is 2.53. The molecule has 0 radical (unpaired) electrons. The van der Waals surface area contributed by atoms with Crippen molar-refractivity contribution in [1.29, 1.82) is 0 Å². The van der Waals surface area contributed by atoms with Gasteiger partial charge >= 0.3 is 5.97 Å². The van der Waals surface area contributed by atoms with E-state index in [2.05, 4.69) is 29.2 Å². The molecular weight excluding hydrogens is 226 g/mol. The number of esters is 1. The van der Waals surface area contributed by atoms with E-state index in [0.29, 0.717) is 13.0 Å². The molecular formula is C15H15NO2. The number of nitrogens with zero attached hydrogens (tertiary/aromatic N) is 1. The lowest BCUT2D eigenvalue weighted by molar-refractivity contribution is -0.138. The second-order valence-electron chi connectivity index (χ2n) is 4.46. The SMILES string of the molecule is CCOC(=O)C1=CN2CC=Cc3cccc(c32)C1. The molecule has 18 heavy (non-hydrogen) atoms. The molecule has 0 saturated carbocycles. The van der Waals surface area contributed by atoms with Gasteiger partial charge in [0.2, 0.25) is 0 Å². The van der Waals surface area contributed by atoms with Gasteiger partial charge in [-0.15, -0.1) is 0 Å². The standard InChI is InChI=1S/C15H15NO2/c1-2-18-15(17)13-9-12-6-3-5-11-7-4-8-16(10-13)14(11)12/h3-7,10H,2,8-9H2,1H3. The van der Waals surface area contributed by atoms with Gasteiger partial charge in [-0.25, -0.2) is 4.79 Å². The normalized spacial score (nSPS) is 16.1. The summed E-state index contributed by atoms with van der Waals surface area (Å²) in [6.45, 7) is 3.06. The van der Waals surface area contributed by atoms with Crippen LogP contribution in [0.5, 0.6) is 0 Å². The smallest absolute Gasteiger partial charge is 0.335 e. The van der Waals surface area contributed by atoms with Crippen LogP contribution in [0.25, 0.3) is 6.08 Å². The number of rotatable bonds is 2. The maximum absolute atomic E-state index is 11.8. The number of ether oxygens (including phenoxy) is 1. The fraction of sp³-hybridized carbons (Fsp3) is 0.267. The summed E-state index contributed by atoms with van der Waals surface area (Å²) in [4.78, 5) is 14.0. The molecule has 0 aliphatic carbocycles. The first-order valence-corrected chi connectivity index (χ1v) is 6.22. The number of anilines is 1. The van der Waals surface area contributed by atoms with Gasteiger partial charge < -0.3 is 9.64 Å². The van der Waals surface area contributed by atoms with Gasteiger partial charge in [0.15, 0.2) is 0 Å². The van der Waals surface area contributed by atoms with Crippen LogP contribution in [0.2, 0.25) is 0 Å². The van der Waals surface area contributed by atoms with Crippen molar-refractivity contribution in [3.8, 4) is 0 Å². The van der Waals surface area contributed by atoms with Crippen LogP contribution in [0.15, 0.2) is 36.0 Å². The van der Waals surface area contributed by atoms with Gasteiger partial charge in [0.25, 0.3) is 0 Å². The Hall–Kier alpha value is -2.03. The van der Waals surface area contributed by atoms with E-state index >= 15 is 0 Å². The molecule has 3 rings (SSSR count). The quantitative estimate of drug-likeness (QED) is 0.745. The van der Waals surface area contributed by atoms with Gasteiger partial charge in [0.1, 0.15) is 0 Å². The van der Waals surface area contributed by atoms with Crippen molar-refractivity contribution >= 4 is 17.7 Å². The minimum absolute atomic E-state index is 0.205. The number of hydrogen-bond donors (Lipinski definition) is 0. The first kappa shape index (κ1) is 11.1. The maximum Gasteiger partial charge on any atom is 0.335 e. The zero-order valence-electron chi connectivity index (χ0n) is 10.3. The second kappa shape index (κ2) is 4.33. The number of hydrogen-bond acceptors (Lipinski definition) is 3. The molecule has 0 spiro atoms. The molecule has 2 heterocycles. The molecule has 0 atom stereocenters. The van der Waals surface area contributed by atoms with E-state index in [1.807, 2.05) is 19.2 Å². The lowest BCUT2D eigenvalue weighted by Gasteiger charge is -2.31. The largest absolute Gasteiger partial charge is 0.463 e. The van der Waals surface area contributed by atoms with Crippen LogP contribution >= 0.6 is 0 Å². The summed E-state index contributed by atoms with van der Waals surface area (Å²) < 4.78 is 5.09. The Morgan fingerprint density at radius 2 is 2.33 bits per heavy atom. The summed E-state index contributed by atoms with van der Waals surface area (Å²) in [6, 6.07) is 6.22. The van der Waals surface area contributed by atoms with Crippen molar-refractivity contribution in [2.24, 2.45) is 0 Å². The van der Waals surface area contributed by atoms with Crippen LogP contribution in [0.1, 0.15) is 18.1 Å². The minimum Gasteiger partial charge on any atom is -0.463 e. The van der Waals surface area contributed by atoms with Crippen molar-refractivity contribution in [2.45, 2.75) is 13.3 Å². The van der Waals surface area contributed by atoms with Crippen LogP contribution in [-0.2, 0) is 16.0 Å². The first-order chi connectivity index (χ1) is 8.79. The Bertz CT molecular complexity index is 558. The van der Waals surface area contributed by atoms with Gasteiger partial charge in [-0.1, -0.05) is 30.4 Å². The van der Waals surface area contributed by atoms with E-state index in [9.17, 15) is 4.79 Å². The molecule has 2 aliphatic rings. The third kappa shape index (κ3) is 1.72. The van der Waals surface area contributed by atoms with Gasteiger partial charge in [0.05, 0.1) is 17.9 Å². The molecule has 3 nitrogen and oxygen atoms in total. The third-order valence-electron chi connectivity index (χ3n) is 3.27. The van der Waals surface area contributed by atoms with Crippen molar-refractivity contribution in [1.82, 2.24) is 0 Å². The zero-order valence-corrected chi connectivity index (χ0v) is 10.3. The average Bonchev–Trinajstić information content (AvgIpc) is 2.39. The highest BCUT2D eigenvalue weighted by Crippen LogP contribution is 2.35. The lowest BCUT2D eigenvalue weighted by atomic mass is 9.94. The topological polar surface area (TPSA) is 29.5 Å². The van der Waals surface area contributed by atoms with E-state index in [1.165, 1.54) is 16.8 Å². The second-order valence-corrected chi connectivity index (χ2v) is 4.46. The van der Waals surface area contributed by atoms with Crippen molar-refractivity contribution in [3.63, 3.8) is 0 Å². The van der Waals surface area contributed by atoms with Crippen LogP contribution < -0.4 is 4.90 Å². The molecule has 1 aromatic carbocycles. The Balaban J connectivity index is 2.00. The van der Waals surface area contributed by atoms with E-state index in [-0.39, 0.29) is 5.97 Å². The molecule has 2 aliphatic heterocycles. The molecule has 3 heteroatoms. The summed E-state index contributed by atoms with van der Waals surface area (Å²) in [7, 11) is 0. The molecule has 0 aromatic heterocycles. The summed E-state index contributed by atoms with van der Waals surface area (Å²) in [5, 5.41) is 0. The summed E-state index contributed by atoms with van der Waals surface area (Å²) in [5.74, 6) is -0.205. The number of benzene rings is 1. The minimum atomic E-state index is -0.205. The van der Waals surface area contributed by atoms with Gasteiger partial charge in [-0.3, -0.25) is 0 Å². The van der Waals surface area contributed by atoms with Gasteiger partial charge in [-0.2, -0.15) is 0 Å². The van der Waals surface area contributed by atoms with Crippen LogP contribution in [0, 0.1) is 0 Å². The highest BCUT2D eigenvalue weighted by atomic mass is 16.5. The van der Waals surface area contributed by atoms with Gasteiger partial charge in [-0.05, 0) is 18.1 Å². The van der Waals surface area contributed by atoms with Crippen molar-refractivity contribution in [2.75, 3.05) is 18.1 Å². The maximum atomic E-state index is 11.8. The molecule has 0 unspecified atom stereocenters. The lowest BCUT2D eigenvalue weighted by Crippen LogP contribution is -2.27. The molecule has 0 fully saturated rings. The molecule has 0 saturated heterocycles. The van der Waals surface area contributed by atoms with E-state index in [0.717, 1.165) is 12.1 Å². The molecule has 0 bridgehead atoms. The predicted octanol–water partition coefficient (Wildman–Crippen LogP) is 2.52. The number of carbonyl (C=O) groups excluding carboxylic acids is 1. The Morgan fingerprint density at radius 1 is 1.44 bits per heavy atom. The van der Waals surface area contributed by atoms with E-state index in [1.54, 1.807) is 0 Å². The number of para-hydroxylation sites is 1. The fourth-order valence-electron chi connectivity index (χ4n) is 2.53.